The molecule has 3 heterocycles. The molecule has 0 spiro atoms. The topological polar surface area (TPSA) is 180 Å². The molecular weight excluding hydrogens is 602 g/mol. The van der Waals surface area contributed by atoms with E-state index in [2.05, 4.69) is 20.3 Å². The molecular formula is C27H38ClN7O5S2. The van der Waals surface area contributed by atoms with Gasteiger partial charge >= 0.3 is 0 Å². The van der Waals surface area contributed by atoms with Gasteiger partial charge < -0.3 is 26.0 Å². The van der Waals surface area contributed by atoms with E-state index in [4.69, 9.17) is 27.5 Å². The van der Waals surface area contributed by atoms with Gasteiger partial charge in [0.25, 0.3) is 0 Å². The Morgan fingerprint density at radius 2 is 2.00 bits per heavy atom. The van der Waals surface area contributed by atoms with E-state index in [1.54, 1.807) is 18.3 Å². The molecule has 4 rings (SSSR count). The number of carbonyl (C=O) groups is 2. The summed E-state index contributed by atoms with van der Waals surface area (Å²) in [5.41, 5.74) is 6.40. The van der Waals surface area contributed by atoms with Gasteiger partial charge in [0.1, 0.15) is 12.1 Å². The van der Waals surface area contributed by atoms with Gasteiger partial charge in [-0.3, -0.25) is 15.0 Å². The van der Waals surface area contributed by atoms with Crippen molar-refractivity contribution in [1.82, 2.24) is 25.2 Å². The summed E-state index contributed by atoms with van der Waals surface area (Å²) in [6.45, 7) is 2.37. The van der Waals surface area contributed by atoms with Crippen LogP contribution in [0.25, 0.3) is 0 Å². The molecule has 2 amide bonds. The second-order valence-electron chi connectivity index (χ2n) is 10.8. The number of hydrogen-bond acceptors (Lipinski definition) is 9. The summed E-state index contributed by atoms with van der Waals surface area (Å²) in [5, 5.41) is 14.7. The Balaban J connectivity index is 1.48. The molecule has 0 saturated carbocycles. The number of halogens is 1. The van der Waals surface area contributed by atoms with Gasteiger partial charge in [0, 0.05) is 29.1 Å². The summed E-state index contributed by atoms with van der Waals surface area (Å²) in [7, 11) is -3.69. The van der Waals surface area contributed by atoms with E-state index in [9.17, 15) is 18.0 Å². The number of nitrogen functional groups attached to an aromatic ring is 1. The number of hydrogen-bond donors (Lipinski definition) is 5. The zero-order chi connectivity index (χ0) is 30.3. The number of piperidine rings is 1. The largest absolute Gasteiger partial charge is 0.382 e. The molecule has 2 aromatic rings. The highest BCUT2D eigenvalue weighted by molar-refractivity contribution is 7.88. The second kappa shape index (κ2) is 14.7. The highest BCUT2D eigenvalue weighted by Gasteiger charge is 2.42. The third-order valence-corrected chi connectivity index (χ3v) is 9.44. The molecule has 1 aromatic heterocycles. The molecule has 12 nitrogen and oxygen atoms in total. The fourth-order valence-electron chi connectivity index (χ4n) is 5.27. The summed E-state index contributed by atoms with van der Waals surface area (Å²) in [5.74, 6) is -0.575. The minimum Gasteiger partial charge on any atom is -0.382 e. The average molecular weight is 640 g/mol. The SMILES string of the molecule is CS(=O)(=O)N[C@H](CCC1CCNCC1)C(=O)N1C[C@H](OCc2ccc(Cl)cc2)C[C@@H]1C(=O)NCc1cnc(C(=N)N)s1. The summed E-state index contributed by atoms with van der Waals surface area (Å²) in [4.78, 5) is 33.6. The van der Waals surface area contributed by atoms with Gasteiger partial charge in [-0.1, -0.05) is 23.7 Å². The number of benzene rings is 1. The fourth-order valence-corrected chi connectivity index (χ4v) is 6.85. The molecule has 2 saturated heterocycles. The van der Waals surface area contributed by atoms with Crippen LogP contribution < -0.4 is 21.1 Å². The van der Waals surface area contributed by atoms with Crippen molar-refractivity contribution in [2.75, 3.05) is 25.9 Å². The zero-order valence-electron chi connectivity index (χ0n) is 23.5. The van der Waals surface area contributed by atoms with Gasteiger partial charge in [0.15, 0.2) is 10.8 Å². The van der Waals surface area contributed by atoms with Gasteiger partial charge in [0.2, 0.25) is 21.8 Å². The number of amidine groups is 1. The van der Waals surface area contributed by atoms with Crippen LogP contribution in [0, 0.1) is 11.3 Å². The second-order valence-corrected chi connectivity index (χ2v) is 14.1. The lowest BCUT2D eigenvalue weighted by molar-refractivity contribution is -0.140. The maximum absolute atomic E-state index is 13.9. The first-order valence-corrected chi connectivity index (χ1v) is 17.0. The first kappa shape index (κ1) is 32.3. The molecule has 0 aliphatic carbocycles. The van der Waals surface area contributed by atoms with Crippen molar-refractivity contribution in [1.29, 1.82) is 5.41 Å². The van der Waals surface area contributed by atoms with Crippen molar-refractivity contribution >= 4 is 50.6 Å². The van der Waals surface area contributed by atoms with Crippen molar-refractivity contribution in [3.8, 4) is 0 Å². The van der Waals surface area contributed by atoms with Crippen molar-refractivity contribution < 1.29 is 22.7 Å². The van der Waals surface area contributed by atoms with Crippen LogP contribution in [0.5, 0.6) is 0 Å². The molecule has 2 aliphatic rings. The molecule has 0 radical (unpaired) electrons. The highest BCUT2D eigenvalue weighted by atomic mass is 35.5. The minimum absolute atomic E-state index is 0.148. The number of nitrogens with two attached hydrogens (primary N) is 1. The number of rotatable bonds is 13. The quantitative estimate of drug-likeness (QED) is 0.162. The first-order valence-electron chi connectivity index (χ1n) is 13.9. The third-order valence-electron chi connectivity index (χ3n) is 7.44. The number of ether oxygens (including phenoxy) is 1. The summed E-state index contributed by atoms with van der Waals surface area (Å²) in [6, 6.07) is 5.39. The van der Waals surface area contributed by atoms with Crippen molar-refractivity contribution in [2.24, 2.45) is 11.7 Å². The van der Waals surface area contributed by atoms with Gasteiger partial charge in [-0.25, -0.2) is 18.1 Å². The molecule has 2 fully saturated rings. The van der Waals surface area contributed by atoms with E-state index in [1.807, 2.05) is 12.1 Å². The van der Waals surface area contributed by atoms with Gasteiger partial charge in [-0.15, -0.1) is 11.3 Å². The Morgan fingerprint density at radius 3 is 2.64 bits per heavy atom. The average Bonchev–Trinajstić information content (AvgIpc) is 3.61. The van der Waals surface area contributed by atoms with Crippen LogP contribution in [0.4, 0.5) is 0 Å². The minimum atomic E-state index is -3.69. The number of likely N-dealkylation sites (tertiary alicyclic amines) is 1. The van der Waals surface area contributed by atoms with E-state index in [1.165, 1.54) is 16.2 Å². The number of sulfonamides is 1. The van der Waals surface area contributed by atoms with Gasteiger partial charge in [0.05, 0.1) is 25.5 Å². The van der Waals surface area contributed by atoms with Crippen LogP contribution in [-0.4, -0.2) is 80.0 Å². The van der Waals surface area contributed by atoms with E-state index >= 15 is 0 Å². The normalized spacial score (nSPS) is 20.4. The van der Waals surface area contributed by atoms with E-state index in [-0.39, 0.29) is 37.9 Å². The number of amides is 2. The Kier molecular flexibility index (Phi) is 11.3. The number of nitrogens with zero attached hydrogens (tertiary/aromatic N) is 2. The predicted molar refractivity (Wildman–Crippen MR) is 162 cm³/mol. The smallest absolute Gasteiger partial charge is 0.243 e. The maximum atomic E-state index is 13.9. The summed E-state index contributed by atoms with van der Waals surface area (Å²) < 4.78 is 33.1. The molecule has 1 aromatic carbocycles. The molecule has 0 unspecified atom stereocenters. The summed E-state index contributed by atoms with van der Waals surface area (Å²) >= 11 is 7.19. The summed E-state index contributed by atoms with van der Waals surface area (Å²) in [6.07, 6.45) is 5.38. The van der Waals surface area contributed by atoms with Crippen LogP contribution in [0.15, 0.2) is 30.5 Å². The molecule has 15 heteroatoms. The standard InChI is InChI=1S/C27H38ClN7O5S2/c1-42(38,39)34-22(7-4-17-8-10-31-11-9-17)27(37)35-15-20(40-16-18-2-5-19(28)6-3-18)12-23(35)25(36)32-13-21-14-33-26(41-21)24(29)30/h2-3,5-6,14,17,20,22-23,31,34H,4,7-13,15-16H2,1H3,(H3,29,30)(H,32,36)/t20-,22-,23-/m1/s1. The fraction of sp³-hybridized carbons (Fsp3) is 0.556. The number of nitrogens with one attached hydrogen (secondary N) is 4. The number of carbonyl (C=O) groups excluding carboxylic acids is 2. The molecule has 42 heavy (non-hydrogen) atoms. The van der Waals surface area contributed by atoms with E-state index < -0.39 is 34.1 Å². The number of thiazole rings is 1. The van der Waals surface area contributed by atoms with Crippen LogP contribution in [0.3, 0.4) is 0 Å². The Morgan fingerprint density at radius 1 is 1.29 bits per heavy atom. The Labute approximate surface area is 255 Å². The molecule has 3 atom stereocenters. The van der Waals surface area contributed by atoms with Gasteiger partial charge in [-0.05, 0) is 62.4 Å². The lowest BCUT2D eigenvalue weighted by Gasteiger charge is -2.29. The Hall–Kier alpha value is -2.62. The molecule has 2 aliphatic heterocycles. The van der Waals surface area contributed by atoms with Crippen LogP contribution in [0.1, 0.15) is 47.6 Å². The molecule has 6 N–H and O–H groups in total. The van der Waals surface area contributed by atoms with Crippen molar-refractivity contribution in [3.05, 3.63) is 50.9 Å². The van der Waals surface area contributed by atoms with Crippen LogP contribution >= 0.6 is 22.9 Å². The van der Waals surface area contributed by atoms with Crippen LogP contribution in [-0.2, 0) is 37.5 Å². The number of aromatic nitrogens is 1. The lowest BCUT2D eigenvalue weighted by Crippen LogP contribution is -2.53. The monoisotopic (exact) mass is 639 g/mol. The lowest BCUT2D eigenvalue weighted by atomic mass is 9.91. The highest BCUT2D eigenvalue weighted by Crippen LogP contribution is 2.26. The zero-order valence-corrected chi connectivity index (χ0v) is 25.9. The third kappa shape index (κ3) is 9.44. The van der Waals surface area contributed by atoms with E-state index in [0.717, 1.165) is 37.8 Å². The maximum Gasteiger partial charge on any atom is 0.243 e. The van der Waals surface area contributed by atoms with E-state index in [0.29, 0.717) is 33.7 Å². The van der Waals surface area contributed by atoms with Crippen molar-refractivity contribution in [3.63, 3.8) is 0 Å². The predicted octanol–water partition coefficient (Wildman–Crippen LogP) is 1.58. The van der Waals surface area contributed by atoms with Gasteiger partial charge in [-0.2, -0.15) is 0 Å². The Bertz CT molecular complexity index is 1350. The van der Waals surface area contributed by atoms with Crippen LogP contribution in [0.2, 0.25) is 5.02 Å². The molecule has 0 bridgehead atoms. The first-order chi connectivity index (χ1) is 20.0. The molecule has 230 valence electrons. The van der Waals surface area contributed by atoms with Crippen molar-refractivity contribution in [2.45, 2.75) is 63.4 Å².